The van der Waals surface area contributed by atoms with Gasteiger partial charge in [-0.3, -0.25) is 9.59 Å². The summed E-state index contributed by atoms with van der Waals surface area (Å²) in [4.78, 5) is 39.4. The number of aryl methyl sites for hydroxylation is 1. The highest BCUT2D eigenvalue weighted by atomic mass is 16.5. The van der Waals surface area contributed by atoms with Gasteiger partial charge in [0, 0.05) is 0 Å². The van der Waals surface area contributed by atoms with E-state index in [1.54, 1.807) is 18.2 Å². The predicted octanol–water partition coefficient (Wildman–Crippen LogP) is 3.56. The van der Waals surface area contributed by atoms with Crippen LogP contribution in [-0.2, 0) is 17.6 Å². The van der Waals surface area contributed by atoms with Crippen LogP contribution in [0.1, 0.15) is 49.1 Å². The molecule has 1 aliphatic rings. The third-order valence-electron chi connectivity index (χ3n) is 4.49. The average molecular weight is 349 g/mol. The van der Waals surface area contributed by atoms with Crippen molar-refractivity contribution in [3.63, 3.8) is 0 Å². The summed E-state index contributed by atoms with van der Waals surface area (Å²) in [6, 6.07) is 10.3. The van der Waals surface area contributed by atoms with Gasteiger partial charge in [-0.2, -0.15) is 0 Å². The first-order chi connectivity index (χ1) is 12.5. The summed E-state index contributed by atoms with van der Waals surface area (Å²) >= 11 is 0. The molecule has 0 aliphatic carbocycles. The summed E-state index contributed by atoms with van der Waals surface area (Å²) in [5, 5.41) is 0. The highest BCUT2D eigenvalue weighted by molar-refractivity contribution is 6.36. The van der Waals surface area contributed by atoms with Gasteiger partial charge in [-0.1, -0.05) is 37.3 Å². The number of para-hydroxylation sites is 1. The molecule has 0 aromatic heterocycles. The van der Waals surface area contributed by atoms with Crippen molar-refractivity contribution >= 4 is 23.5 Å². The number of methoxy groups -OCH3 is 1. The Kier molecular flexibility index (Phi) is 4.71. The minimum Gasteiger partial charge on any atom is -0.465 e. The van der Waals surface area contributed by atoms with Crippen molar-refractivity contribution in [1.82, 2.24) is 0 Å². The second-order valence-electron chi connectivity index (χ2n) is 5.94. The first-order valence-corrected chi connectivity index (χ1v) is 8.36. The Morgan fingerprint density at radius 2 is 1.81 bits per heavy atom. The summed E-state index contributed by atoms with van der Waals surface area (Å²) in [6.07, 6.45) is 2.92. The zero-order chi connectivity index (χ0) is 18.8. The average Bonchev–Trinajstić information content (AvgIpc) is 2.92. The van der Waals surface area contributed by atoms with Crippen molar-refractivity contribution in [1.29, 1.82) is 0 Å². The molecule has 0 unspecified atom stereocenters. The number of allylic oxidation sites excluding steroid dienone is 1. The standard InChI is InChI=1S/C21H19NO4/c1-4-8-14-10-6-9-13(5-2)18(14)22-19(23)15-11-7-12-16(21(25)26-3)17(15)20(22)24/h4,6-7,9-12H,1,5,8H2,2-3H3. The number of hydrogen-bond acceptors (Lipinski definition) is 4. The van der Waals surface area contributed by atoms with E-state index in [0.717, 1.165) is 11.1 Å². The Hall–Kier alpha value is -3.21. The molecular weight excluding hydrogens is 330 g/mol. The van der Waals surface area contributed by atoms with Gasteiger partial charge < -0.3 is 4.74 Å². The predicted molar refractivity (Wildman–Crippen MR) is 98.6 cm³/mol. The lowest BCUT2D eigenvalue weighted by molar-refractivity contribution is 0.0597. The third kappa shape index (κ3) is 2.62. The van der Waals surface area contributed by atoms with Crippen LogP contribution < -0.4 is 4.90 Å². The Bertz CT molecular complexity index is 930. The molecule has 132 valence electrons. The van der Waals surface area contributed by atoms with E-state index in [9.17, 15) is 14.4 Å². The molecule has 0 N–H and O–H groups in total. The van der Waals surface area contributed by atoms with Gasteiger partial charge in [-0.25, -0.2) is 9.69 Å². The monoisotopic (exact) mass is 349 g/mol. The van der Waals surface area contributed by atoms with Crippen molar-refractivity contribution < 1.29 is 19.1 Å². The second kappa shape index (κ2) is 6.96. The van der Waals surface area contributed by atoms with Crippen LogP contribution in [-0.4, -0.2) is 24.9 Å². The lowest BCUT2D eigenvalue weighted by Gasteiger charge is -2.21. The number of carbonyl (C=O) groups excluding carboxylic acids is 3. The molecule has 1 heterocycles. The topological polar surface area (TPSA) is 63.7 Å². The zero-order valence-corrected chi connectivity index (χ0v) is 14.7. The number of rotatable bonds is 5. The summed E-state index contributed by atoms with van der Waals surface area (Å²) < 4.78 is 4.76. The molecule has 0 radical (unpaired) electrons. The van der Waals surface area contributed by atoms with Gasteiger partial charge in [-0.15, -0.1) is 6.58 Å². The van der Waals surface area contributed by atoms with Crippen LogP contribution in [0.25, 0.3) is 0 Å². The highest BCUT2D eigenvalue weighted by Crippen LogP contribution is 2.35. The maximum atomic E-state index is 13.1. The van der Waals surface area contributed by atoms with E-state index in [2.05, 4.69) is 6.58 Å². The molecule has 0 spiro atoms. The van der Waals surface area contributed by atoms with E-state index in [-0.39, 0.29) is 16.7 Å². The van der Waals surface area contributed by atoms with Crippen LogP contribution in [0.4, 0.5) is 5.69 Å². The number of esters is 1. The number of anilines is 1. The largest absolute Gasteiger partial charge is 0.465 e. The molecule has 26 heavy (non-hydrogen) atoms. The van der Waals surface area contributed by atoms with Crippen molar-refractivity contribution in [3.05, 3.63) is 76.9 Å². The molecule has 0 saturated heterocycles. The molecule has 2 amide bonds. The molecule has 0 atom stereocenters. The summed E-state index contributed by atoms with van der Waals surface area (Å²) in [5.41, 5.74) is 2.72. The minimum absolute atomic E-state index is 0.0970. The van der Waals surface area contributed by atoms with Gasteiger partial charge in [0.25, 0.3) is 11.8 Å². The van der Waals surface area contributed by atoms with E-state index in [0.29, 0.717) is 18.5 Å². The summed E-state index contributed by atoms with van der Waals surface area (Å²) in [7, 11) is 1.25. The molecule has 2 aromatic rings. The number of amides is 2. The normalized spacial score (nSPS) is 12.9. The van der Waals surface area contributed by atoms with Crippen molar-refractivity contribution in [2.24, 2.45) is 0 Å². The van der Waals surface area contributed by atoms with Gasteiger partial charge in [0.05, 0.1) is 29.5 Å². The molecule has 0 bridgehead atoms. The molecule has 5 heteroatoms. The lowest BCUT2D eigenvalue weighted by Crippen LogP contribution is -2.31. The van der Waals surface area contributed by atoms with Crippen molar-refractivity contribution in [2.75, 3.05) is 12.0 Å². The van der Waals surface area contributed by atoms with Gasteiger partial charge in [0.2, 0.25) is 0 Å². The molecule has 0 saturated carbocycles. The number of benzene rings is 2. The molecule has 0 fully saturated rings. The van der Waals surface area contributed by atoms with Gasteiger partial charge >= 0.3 is 5.97 Å². The fourth-order valence-corrected chi connectivity index (χ4v) is 3.31. The Balaban J connectivity index is 2.21. The summed E-state index contributed by atoms with van der Waals surface area (Å²) in [5.74, 6) is -1.57. The minimum atomic E-state index is -0.639. The fourth-order valence-electron chi connectivity index (χ4n) is 3.31. The van der Waals surface area contributed by atoms with Crippen LogP contribution in [0.5, 0.6) is 0 Å². The number of imide groups is 1. The molecule has 5 nitrogen and oxygen atoms in total. The number of fused-ring (bicyclic) bond motifs is 1. The van der Waals surface area contributed by atoms with Crippen LogP contribution >= 0.6 is 0 Å². The third-order valence-corrected chi connectivity index (χ3v) is 4.49. The van der Waals surface area contributed by atoms with Crippen LogP contribution in [0, 0.1) is 0 Å². The van der Waals surface area contributed by atoms with E-state index in [4.69, 9.17) is 4.74 Å². The molecular formula is C21H19NO4. The number of ether oxygens (including phenoxy) is 1. The molecule has 2 aromatic carbocycles. The van der Waals surface area contributed by atoms with Crippen molar-refractivity contribution in [2.45, 2.75) is 19.8 Å². The zero-order valence-electron chi connectivity index (χ0n) is 14.7. The lowest BCUT2D eigenvalue weighted by atomic mass is 10.0. The van der Waals surface area contributed by atoms with E-state index in [1.165, 1.54) is 18.1 Å². The highest BCUT2D eigenvalue weighted by Gasteiger charge is 2.41. The summed E-state index contributed by atoms with van der Waals surface area (Å²) in [6.45, 7) is 5.72. The Labute approximate surface area is 151 Å². The van der Waals surface area contributed by atoms with Crippen LogP contribution in [0.3, 0.4) is 0 Å². The van der Waals surface area contributed by atoms with Gasteiger partial charge in [-0.05, 0) is 36.1 Å². The quantitative estimate of drug-likeness (QED) is 0.470. The van der Waals surface area contributed by atoms with E-state index in [1.807, 2.05) is 25.1 Å². The Morgan fingerprint density at radius 1 is 1.12 bits per heavy atom. The maximum absolute atomic E-state index is 13.1. The first-order valence-electron chi connectivity index (χ1n) is 8.36. The maximum Gasteiger partial charge on any atom is 0.338 e. The fraction of sp³-hybridized carbons (Fsp3) is 0.190. The van der Waals surface area contributed by atoms with Gasteiger partial charge in [0.15, 0.2) is 0 Å². The first kappa shape index (κ1) is 17.6. The van der Waals surface area contributed by atoms with E-state index >= 15 is 0 Å². The smallest absolute Gasteiger partial charge is 0.338 e. The number of hydrogen-bond donors (Lipinski definition) is 0. The molecule has 1 aliphatic heterocycles. The molecule has 3 rings (SSSR count). The SMILES string of the molecule is C=CCc1cccc(CC)c1N1C(=O)c2cccc(C(=O)OC)c2C1=O. The number of carbonyl (C=O) groups is 3. The van der Waals surface area contributed by atoms with Crippen molar-refractivity contribution in [3.8, 4) is 0 Å². The van der Waals surface area contributed by atoms with E-state index < -0.39 is 17.8 Å². The van der Waals surface area contributed by atoms with Crippen LogP contribution in [0.15, 0.2) is 49.1 Å². The van der Waals surface area contributed by atoms with Gasteiger partial charge in [0.1, 0.15) is 0 Å². The Morgan fingerprint density at radius 3 is 2.46 bits per heavy atom. The number of nitrogens with zero attached hydrogens (tertiary/aromatic N) is 1. The van der Waals surface area contributed by atoms with Crippen LogP contribution in [0.2, 0.25) is 0 Å². The second-order valence-corrected chi connectivity index (χ2v) is 5.94.